The molecule has 1 unspecified atom stereocenters. The van der Waals surface area contributed by atoms with Crippen LogP contribution in [0.4, 0.5) is 0 Å². The van der Waals surface area contributed by atoms with Gasteiger partial charge in [-0.2, -0.15) is 0 Å². The minimum atomic E-state index is -0.0931. The number of Topliss-reactive ketones (excluding diaryl/α,β-unsaturated/α-hetero) is 1. The predicted octanol–water partition coefficient (Wildman–Crippen LogP) is 5.28. The second-order valence-electron chi connectivity index (χ2n) is 8.03. The van der Waals surface area contributed by atoms with E-state index in [0.717, 1.165) is 22.4 Å². The second-order valence-corrected chi connectivity index (χ2v) is 8.03. The molecule has 0 N–H and O–H groups in total. The minimum absolute atomic E-state index is 0.0550. The molecule has 0 fully saturated rings. The number of hydrogen-bond acceptors (Lipinski definition) is 6. The first-order valence-electron chi connectivity index (χ1n) is 11.1. The summed E-state index contributed by atoms with van der Waals surface area (Å²) in [6, 6.07) is 21.7. The standard InChI is InChI=1S/C28H29NO5/c1-31-22-12-10-20(11-13-22)24-16-25(30)23(18-29(24)17-19-8-6-5-7-9-19)21-14-26(32-2)28(34-4)27(15-21)33-3/h5-15,18,24H,16-17H2,1-4H3. The van der Waals surface area contributed by atoms with Crippen molar-refractivity contribution in [3.05, 3.63) is 89.6 Å². The number of hydrogen-bond donors (Lipinski definition) is 0. The van der Waals surface area contributed by atoms with Crippen LogP contribution in [0.15, 0.2) is 72.9 Å². The summed E-state index contributed by atoms with van der Waals surface area (Å²) in [7, 11) is 6.35. The monoisotopic (exact) mass is 459 g/mol. The number of rotatable bonds is 8. The molecule has 0 saturated carbocycles. The quantitative estimate of drug-likeness (QED) is 0.457. The van der Waals surface area contributed by atoms with Crippen LogP contribution in [0.5, 0.6) is 23.0 Å². The molecule has 0 bridgehead atoms. The molecule has 0 spiro atoms. The third-order valence-corrected chi connectivity index (χ3v) is 6.06. The Morgan fingerprint density at radius 2 is 1.47 bits per heavy atom. The van der Waals surface area contributed by atoms with E-state index in [1.165, 1.54) is 0 Å². The number of carbonyl (C=O) groups is 1. The van der Waals surface area contributed by atoms with Gasteiger partial charge in [-0.05, 0) is 41.0 Å². The van der Waals surface area contributed by atoms with Crippen LogP contribution in [-0.2, 0) is 11.3 Å². The summed E-state index contributed by atoms with van der Waals surface area (Å²) in [4.78, 5) is 15.6. The highest BCUT2D eigenvalue weighted by atomic mass is 16.5. The summed E-state index contributed by atoms with van der Waals surface area (Å²) >= 11 is 0. The SMILES string of the molecule is COc1ccc(C2CC(=O)C(c3cc(OC)c(OC)c(OC)c3)=CN2Cc2ccccc2)cc1. The van der Waals surface area contributed by atoms with Crippen molar-refractivity contribution >= 4 is 11.4 Å². The van der Waals surface area contributed by atoms with Crippen molar-refractivity contribution in [1.82, 2.24) is 4.90 Å². The molecular formula is C28H29NO5. The Labute approximate surface area is 200 Å². The number of carbonyl (C=O) groups excluding carboxylic acids is 1. The van der Waals surface area contributed by atoms with Crippen LogP contribution < -0.4 is 18.9 Å². The van der Waals surface area contributed by atoms with Gasteiger partial charge in [0.2, 0.25) is 5.75 Å². The van der Waals surface area contributed by atoms with Gasteiger partial charge in [-0.3, -0.25) is 4.79 Å². The summed E-state index contributed by atoms with van der Waals surface area (Å²) in [6.07, 6.45) is 2.30. The molecule has 3 aromatic carbocycles. The van der Waals surface area contributed by atoms with E-state index < -0.39 is 0 Å². The van der Waals surface area contributed by atoms with Gasteiger partial charge in [-0.25, -0.2) is 0 Å². The fraction of sp³-hybridized carbons (Fsp3) is 0.250. The van der Waals surface area contributed by atoms with E-state index in [0.29, 0.717) is 35.8 Å². The lowest BCUT2D eigenvalue weighted by molar-refractivity contribution is -0.115. The van der Waals surface area contributed by atoms with Gasteiger partial charge in [-0.15, -0.1) is 0 Å². The molecule has 176 valence electrons. The number of benzene rings is 3. The Balaban J connectivity index is 1.78. The van der Waals surface area contributed by atoms with Gasteiger partial charge in [0.1, 0.15) is 5.75 Å². The lowest BCUT2D eigenvalue weighted by atomic mass is 9.89. The Morgan fingerprint density at radius 1 is 0.824 bits per heavy atom. The largest absolute Gasteiger partial charge is 0.497 e. The maximum absolute atomic E-state index is 13.4. The minimum Gasteiger partial charge on any atom is -0.497 e. The van der Waals surface area contributed by atoms with Crippen LogP contribution in [0.3, 0.4) is 0 Å². The van der Waals surface area contributed by atoms with Crippen molar-refractivity contribution in [1.29, 1.82) is 0 Å². The Hall–Kier alpha value is -3.93. The average molecular weight is 460 g/mol. The van der Waals surface area contributed by atoms with Crippen LogP contribution in [0.2, 0.25) is 0 Å². The Morgan fingerprint density at radius 3 is 2.03 bits per heavy atom. The third-order valence-electron chi connectivity index (χ3n) is 6.06. The molecule has 0 aliphatic carbocycles. The molecule has 0 aromatic heterocycles. The number of ether oxygens (including phenoxy) is 4. The van der Waals surface area contributed by atoms with E-state index in [2.05, 4.69) is 17.0 Å². The van der Waals surface area contributed by atoms with Gasteiger partial charge in [0, 0.05) is 24.7 Å². The molecular weight excluding hydrogens is 430 g/mol. The number of ketones is 1. The van der Waals surface area contributed by atoms with E-state index in [4.69, 9.17) is 18.9 Å². The summed E-state index contributed by atoms with van der Waals surface area (Å²) in [5.41, 5.74) is 3.56. The highest BCUT2D eigenvalue weighted by Gasteiger charge is 2.30. The van der Waals surface area contributed by atoms with Crippen LogP contribution in [0.25, 0.3) is 5.57 Å². The number of allylic oxidation sites excluding steroid dienone is 1. The smallest absolute Gasteiger partial charge is 0.203 e. The maximum atomic E-state index is 13.4. The van der Waals surface area contributed by atoms with E-state index >= 15 is 0 Å². The molecule has 6 nitrogen and oxygen atoms in total. The summed E-state index contributed by atoms with van der Waals surface area (Å²) in [5, 5.41) is 0. The first-order chi connectivity index (χ1) is 16.6. The number of nitrogens with zero attached hydrogens (tertiary/aromatic N) is 1. The van der Waals surface area contributed by atoms with Crippen LogP contribution in [0.1, 0.15) is 29.2 Å². The fourth-order valence-electron chi connectivity index (χ4n) is 4.29. The number of methoxy groups -OCH3 is 4. The Kier molecular flexibility index (Phi) is 7.07. The molecule has 1 atom stereocenters. The first-order valence-corrected chi connectivity index (χ1v) is 11.1. The van der Waals surface area contributed by atoms with Gasteiger partial charge in [-0.1, -0.05) is 42.5 Å². The second kappa shape index (κ2) is 10.3. The third kappa shape index (κ3) is 4.71. The van der Waals surface area contributed by atoms with Crippen molar-refractivity contribution < 1.29 is 23.7 Å². The predicted molar refractivity (Wildman–Crippen MR) is 131 cm³/mol. The summed E-state index contributed by atoms with van der Waals surface area (Å²) in [6.45, 7) is 0.665. The van der Waals surface area contributed by atoms with Gasteiger partial charge < -0.3 is 23.8 Å². The molecule has 4 rings (SSSR count). The van der Waals surface area contributed by atoms with E-state index in [1.807, 2.05) is 60.8 Å². The van der Waals surface area contributed by atoms with Crippen LogP contribution in [-0.4, -0.2) is 39.1 Å². The average Bonchev–Trinajstić information content (AvgIpc) is 2.89. The van der Waals surface area contributed by atoms with E-state index in [1.54, 1.807) is 28.4 Å². The maximum Gasteiger partial charge on any atom is 0.203 e. The molecule has 34 heavy (non-hydrogen) atoms. The first kappa shape index (κ1) is 23.2. The molecule has 1 aliphatic heterocycles. The zero-order valence-corrected chi connectivity index (χ0v) is 19.9. The van der Waals surface area contributed by atoms with Crippen LogP contribution in [0, 0.1) is 0 Å². The Bertz CT molecular complexity index is 1150. The van der Waals surface area contributed by atoms with Crippen molar-refractivity contribution in [2.24, 2.45) is 0 Å². The van der Waals surface area contributed by atoms with Crippen molar-refractivity contribution in [3.8, 4) is 23.0 Å². The molecule has 0 saturated heterocycles. The van der Waals surface area contributed by atoms with Crippen molar-refractivity contribution in [3.63, 3.8) is 0 Å². The van der Waals surface area contributed by atoms with E-state index in [9.17, 15) is 4.79 Å². The topological polar surface area (TPSA) is 57.2 Å². The fourth-order valence-corrected chi connectivity index (χ4v) is 4.29. The molecule has 0 amide bonds. The lowest BCUT2D eigenvalue weighted by Gasteiger charge is -2.35. The van der Waals surface area contributed by atoms with Gasteiger partial charge >= 0.3 is 0 Å². The van der Waals surface area contributed by atoms with Crippen molar-refractivity contribution in [2.45, 2.75) is 19.0 Å². The zero-order valence-electron chi connectivity index (χ0n) is 19.9. The molecule has 0 radical (unpaired) electrons. The lowest BCUT2D eigenvalue weighted by Crippen LogP contribution is -2.30. The summed E-state index contributed by atoms with van der Waals surface area (Å²) < 4.78 is 21.8. The van der Waals surface area contributed by atoms with Crippen molar-refractivity contribution in [2.75, 3.05) is 28.4 Å². The van der Waals surface area contributed by atoms with E-state index in [-0.39, 0.29) is 11.8 Å². The van der Waals surface area contributed by atoms with Gasteiger partial charge in [0.25, 0.3) is 0 Å². The molecule has 1 aliphatic rings. The zero-order chi connectivity index (χ0) is 24.1. The normalized spacial score (nSPS) is 15.5. The highest BCUT2D eigenvalue weighted by Crippen LogP contribution is 2.42. The highest BCUT2D eigenvalue weighted by molar-refractivity contribution is 6.21. The molecule has 1 heterocycles. The van der Waals surface area contributed by atoms with Crippen LogP contribution >= 0.6 is 0 Å². The summed E-state index contributed by atoms with van der Waals surface area (Å²) in [5.74, 6) is 2.36. The van der Waals surface area contributed by atoms with Gasteiger partial charge in [0.05, 0.1) is 34.5 Å². The van der Waals surface area contributed by atoms with Gasteiger partial charge in [0.15, 0.2) is 17.3 Å². The molecule has 3 aromatic rings. The molecule has 6 heteroatoms.